The van der Waals surface area contributed by atoms with Gasteiger partial charge < -0.3 is 20.0 Å². The minimum atomic E-state index is 0. The van der Waals surface area contributed by atoms with Crippen LogP contribution < -0.4 is 5.32 Å². The molecular formula is C28H34Cl2N4O2S. The zero-order chi connectivity index (χ0) is 23.9. The summed E-state index contributed by atoms with van der Waals surface area (Å²) in [4.78, 5) is 33.7. The van der Waals surface area contributed by atoms with Gasteiger partial charge in [-0.3, -0.25) is 9.59 Å². The van der Waals surface area contributed by atoms with Crippen LogP contribution in [0, 0.1) is 5.92 Å². The van der Waals surface area contributed by atoms with Gasteiger partial charge in [0, 0.05) is 49.0 Å². The predicted octanol–water partition coefficient (Wildman–Crippen LogP) is 4.62. The highest BCUT2D eigenvalue weighted by molar-refractivity contribution is 7.21. The number of nitrogens with zero attached hydrogens (tertiary/aromatic N) is 3. The third-order valence-corrected chi connectivity index (χ3v) is 9.13. The number of piperidine rings is 3. The van der Waals surface area contributed by atoms with E-state index in [1.807, 2.05) is 35.2 Å². The summed E-state index contributed by atoms with van der Waals surface area (Å²) in [5.41, 5.74) is 2.81. The van der Waals surface area contributed by atoms with Crippen molar-refractivity contribution in [1.82, 2.24) is 20.0 Å². The lowest BCUT2D eigenvalue weighted by molar-refractivity contribution is 0.0622. The lowest BCUT2D eigenvalue weighted by atomic mass is 9.84. The first-order valence-electron chi connectivity index (χ1n) is 12.7. The Morgan fingerprint density at radius 3 is 2.35 bits per heavy atom. The maximum atomic E-state index is 13.2. The maximum Gasteiger partial charge on any atom is 0.261 e. The van der Waals surface area contributed by atoms with Gasteiger partial charge in [-0.25, -0.2) is 0 Å². The molecule has 198 valence electrons. The Balaban J connectivity index is 0.00000160. The van der Waals surface area contributed by atoms with Gasteiger partial charge >= 0.3 is 0 Å². The third-order valence-electron chi connectivity index (χ3n) is 7.95. The van der Waals surface area contributed by atoms with E-state index in [-0.39, 0.29) is 42.7 Å². The monoisotopic (exact) mass is 560 g/mol. The number of hydrogen-bond acceptors (Lipinski definition) is 5. The highest BCUT2D eigenvalue weighted by atomic mass is 35.5. The Hall–Kier alpha value is -2.16. The molecule has 0 saturated carbocycles. The van der Waals surface area contributed by atoms with E-state index < -0.39 is 0 Å². The molecule has 1 aromatic heterocycles. The van der Waals surface area contributed by atoms with E-state index >= 15 is 0 Å². The Labute approximate surface area is 234 Å². The summed E-state index contributed by atoms with van der Waals surface area (Å²) in [7, 11) is 2.09. The molecule has 1 atom stereocenters. The van der Waals surface area contributed by atoms with Gasteiger partial charge in [-0.1, -0.05) is 30.3 Å². The smallest absolute Gasteiger partial charge is 0.261 e. The van der Waals surface area contributed by atoms with Crippen LogP contribution in [0.2, 0.25) is 0 Å². The molecule has 0 unspecified atom stereocenters. The summed E-state index contributed by atoms with van der Waals surface area (Å²) < 4.78 is 1.09. The fourth-order valence-electron chi connectivity index (χ4n) is 5.78. The van der Waals surface area contributed by atoms with Gasteiger partial charge in [-0.15, -0.1) is 36.2 Å². The Kier molecular flexibility index (Phi) is 8.81. The first-order valence-corrected chi connectivity index (χ1v) is 13.5. The van der Waals surface area contributed by atoms with E-state index in [1.54, 1.807) is 11.3 Å². The van der Waals surface area contributed by atoms with E-state index in [4.69, 9.17) is 0 Å². The number of thiophene rings is 1. The Morgan fingerprint density at radius 1 is 0.919 bits per heavy atom. The number of likely N-dealkylation sites (N-methyl/N-ethyl adjacent to an activating group) is 1. The lowest BCUT2D eigenvalue weighted by Gasteiger charge is -2.44. The molecule has 5 heterocycles. The largest absolute Gasteiger partial charge is 0.347 e. The molecule has 9 heteroatoms. The van der Waals surface area contributed by atoms with Crippen molar-refractivity contribution in [3.63, 3.8) is 0 Å². The molecule has 4 aliphatic rings. The molecule has 4 aliphatic heterocycles. The van der Waals surface area contributed by atoms with Crippen LogP contribution in [0.15, 0.2) is 48.5 Å². The van der Waals surface area contributed by atoms with Crippen molar-refractivity contribution in [3.8, 4) is 11.1 Å². The fourth-order valence-corrected chi connectivity index (χ4v) is 6.88. The van der Waals surface area contributed by atoms with Gasteiger partial charge in [0.1, 0.15) is 0 Å². The minimum Gasteiger partial charge on any atom is -0.347 e. The lowest BCUT2D eigenvalue weighted by Crippen LogP contribution is -2.57. The van der Waals surface area contributed by atoms with Crippen LogP contribution in [0.4, 0.5) is 0 Å². The second-order valence-electron chi connectivity index (χ2n) is 10.2. The van der Waals surface area contributed by atoms with E-state index in [0.717, 1.165) is 64.4 Å². The molecule has 7 rings (SSSR count). The molecule has 2 bridgehead atoms. The van der Waals surface area contributed by atoms with Crippen molar-refractivity contribution >= 4 is 58.1 Å². The molecule has 4 fully saturated rings. The van der Waals surface area contributed by atoms with Crippen molar-refractivity contribution < 1.29 is 9.59 Å². The molecule has 4 saturated heterocycles. The second-order valence-corrected chi connectivity index (χ2v) is 11.3. The number of piperazine rings is 1. The van der Waals surface area contributed by atoms with Crippen LogP contribution in [0.25, 0.3) is 21.2 Å². The molecular weight excluding hydrogens is 527 g/mol. The highest BCUT2D eigenvalue weighted by Gasteiger charge is 2.35. The number of rotatable bonds is 4. The number of fused-ring (bicyclic) bond motifs is 4. The number of carbonyl (C=O) groups excluding carboxylic acids is 2. The quantitative estimate of drug-likeness (QED) is 0.505. The average molecular weight is 562 g/mol. The first-order chi connectivity index (χ1) is 17.0. The zero-order valence-electron chi connectivity index (χ0n) is 21.0. The molecule has 3 aromatic rings. The third kappa shape index (κ3) is 5.66. The van der Waals surface area contributed by atoms with Gasteiger partial charge in [0.2, 0.25) is 0 Å². The SMILES string of the molecule is CN1CCN(C(=O)c2cccc(-c3cccc4cc(C(=O)N[C@H]5CN6CCC5CC6)sc34)c2)CC1.Cl.Cl. The van der Waals surface area contributed by atoms with E-state index in [2.05, 4.69) is 40.4 Å². The van der Waals surface area contributed by atoms with Gasteiger partial charge in [0.05, 0.1) is 4.88 Å². The molecule has 2 amide bonds. The molecule has 6 nitrogen and oxygen atoms in total. The van der Waals surface area contributed by atoms with Crippen molar-refractivity contribution in [2.24, 2.45) is 5.92 Å². The van der Waals surface area contributed by atoms with Gasteiger partial charge in [0.25, 0.3) is 11.8 Å². The van der Waals surface area contributed by atoms with Crippen LogP contribution in [0.3, 0.4) is 0 Å². The average Bonchev–Trinajstić information content (AvgIpc) is 3.34. The van der Waals surface area contributed by atoms with Crippen molar-refractivity contribution in [3.05, 3.63) is 59.0 Å². The fraction of sp³-hybridized carbons (Fsp3) is 0.429. The summed E-state index contributed by atoms with van der Waals surface area (Å²) in [5.74, 6) is 0.736. The molecule has 0 spiro atoms. The summed E-state index contributed by atoms with van der Waals surface area (Å²) in [6, 6.07) is 16.4. The second kappa shape index (κ2) is 11.7. The van der Waals surface area contributed by atoms with E-state index in [1.165, 1.54) is 25.9 Å². The number of hydrogen-bond donors (Lipinski definition) is 1. The van der Waals surface area contributed by atoms with Crippen molar-refractivity contribution in [2.45, 2.75) is 18.9 Å². The normalized spacial score (nSPS) is 23.3. The van der Waals surface area contributed by atoms with Crippen LogP contribution >= 0.6 is 36.2 Å². The summed E-state index contributed by atoms with van der Waals surface area (Å²) >= 11 is 1.55. The Morgan fingerprint density at radius 2 is 1.65 bits per heavy atom. The number of benzene rings is 2. The molecule has 1 N–H and O–H groups in total. The van der Waals surface area contributed by atoms with Crippen LogP contribution in [-0.4, -0.2) is 85.4 Å². The number of amides is 2. The number of halogens is 2. The predicted molar refractivity (Wildman–Crippen MR) is 156 cm³/mol. The van der Waals surface area contributed by atoms with Crippen molar-refractivity contribution in [1.29, 1.82) is 0 Å². The molecule has 2 aromatic carbocycles. The Bertz CT molecular complexity index is 1270. The minimum absolute atomic E-state index is 0. The molecule has 0 aliphatic carbocycles. The topological polar surface area (TPSA) is 55.9 Å². The maximum absolute atomic E-state index is 13.2. The van der Waals surface area contributed by atoms with Crippen LogP contribution in [0.1, 0.15) is 32.9 Å². The molecule has 0 radical (unpaired) electrons. The van der Waals surface area contributed by atoms with Gasteiger partial charge in [0.15, 0.2) is 0 Å². The number of nitrogens with one attached hydrogen (secondary N) is 1. The van der Waals surface area contributed by atoms with E-state index in [9.17, 15) is 9.59 Å². The van der Waals surface area contributed by atoms with Gasteiger partial charge in [-0.2, -0.15) is 0 Å². The van der Waals surface area contributed by atoms with Crippen molar-refractivity contribution in [2.75, 3.05) is 52.9 Å². The van der Waals surface area contributed by atoms with Gasteiger partial charge in [-0.05, 0) is 73.6 Å². The zero-order valence-corrected chi connectivity index (χ0v) is 23.5. The highest BCUT2D eigenvalue weighted by Crippen LogP contribution is 2.36. The summed E-state index contributed by atoms with van der Waals surface area (Å²) in [6.45, 7) is 6.64. The standard InChI is InChI=1S/C28H32N4O2S.2ClH/c1-30-12-14-32(15-13-30)28(34)22-6-2-4-20(16-22)23-7-3-5-21-17-25(35-26(21)23)27(33)29-24-18-31-10-8-19(24)9-11-31;;/h2-7,16-17,19,24H,8-15,18H2,1H3,(H,29,33);2*1H/t24-;;/m0../s1. The van der Waals surface area contributed by atoms with Crippen LogP contribution in [0.5, 0.6) is 0 Å². The molecule has 37 heavy (non-hydrogen) atoms. The van der Waals surface area contributed by atoms with E-state index in [0.29, 0.717) is 5.92 Å². The first kappa shape index (κ1) is 27.9. The summed E-state index contributed by atoms with van der Waals surface area (Å²) in [6.07, 6.45) is 2.37. The summed E-state index contributed by atoms with van der Waals surface area (Å²) in [5, 5.41) is 4.40. The van der Waals surface area contributed by atoms with Crippen LogP contribution in [-0.2, 0) is 0 Å². The number of carbonyl (C=O) groups is 2.